The van der Waals surface area contributed by atoms with Crippen molar-refractivity contribution in [1.29, 1.82) is 0 Å². The Morgan fingerprint density at radius 2 is 1.55 bits per heavy atom. The van der Waals surface area contributed by atoms with Gasteiger partial charge in [-0.2, -0.15) is 0 Å². The van der Waals surface area contributed by atoms with Gasteiger partial charge in [0.25, 0.3) is 0 Å². The molecule has 0 spiro atoms. The van der Waals surface area contributed by atoms with Crippen LogP contribution < -0.4 is 10.4 Å². The van der Waals surface area contributed by atoms with E-state index in [4.69, 9.17) is 0 Å². The van der Waals surface area contributed by atoms with Crippen molar-refractivity contribution < 1.29 is 0 Å². The molecular formula is C17H35N2P. The average molecular weight is 298 g/mol. The molecule has 0 fully saturated rings. The van der Waals surface area contributed by atoms with Crippen LogP contribution in [0.2, 0.25) is 0 Å². The second-order valence-corrected chi connectivity index (χ2v) is 7.01. The lowest BCUT2D eigenvalue weighted by Crippen LogP contribution is -2.43. The third-order valence-electron chi connectivity index (χ3n) is 4.82. The molecule has 0 aliphatic rings. The van der Waals surface area contributed by atoms with Crippen molar-refractivity contribution in [3.63, 3.8) is 0 Å². The van der Waals surface area contributed by atoms with Gasteiger partial charge in [-0.1, -0.05) is 60.4 Å². The summed E-state index contributed by atoms with van der Waals surface area (Å²) in [5.74, 6) is 0.516. The number of rotatable bonds is 10. The maximum Gasteiger partial charge on any atom is 0.0390 e. The molecule has 0 aromatic heterocycles. The first-order chi connectivity index (χ1) is 9.13. The molecule has 2 nitrogen and oxygen atoms in total. The molecule has 0 radical (unpaired) electrons. The van der Waals surface area contributed by atoms with E-state index in [0.29, 0.717) is 5.92 Å². The summed E-state index contributed by atoms with van der Waals surface area (Å²) in [6.45, 7) is 19.4. The molecule has 0 aromatic carbocycles. The fourth-order valence-corrected chi connectivity index (χ4v) is 2.84. The van der Waals surface area contributed by atoms with Crippen molar-refractivity contribution in [2.24, 2.45) is 5.92 Å². The van der Waals surface area contributed by atoms with Gasteiger partial charge in [-0.3, -0.25) is 5.09 Å². The van der Waals surface area contributed by atoms with Crippen molar-refractivity contribution in [2.45, 2.75) is 71.4 Å². The standard InChI is InChI=1S/C17H35N2P/c1-13(2)15(5)17(7,18-8)12-10-9-11-16(6,19-20)14(3)4/h13,18-19H,3,5,9-12,20H2,1-2,4,6-8H3. The Hall–Kier alpha value is -0.170. The topological polar surface area (TPSA) is 24.1 Å². The lowest BCUT2D eigenvalue weighted by atomic mass is 9.80. The number of likely N-dealkylation sites (N-methyl/N-ethyl adjacent to an activating group) is 1. The van der Waals surface area contributed by atoms with Gasteiger partial charge in [-0.25, -0.2) is 0 Å². The Bertz CT molecular complexity index is 338. The van der Waals surface area contributed by atoms with Gasteiger partial charge in [0.05, 0.1) is 0 Å². The fourth-order valence-electron chi connectivity index (χ4n) is 2.45. The van der Waals surface area contributed by atoms with E-state index < -0.39 is 0 Å². The maximum atomic E-state index is 4.28. The molecular weight excluding hydrogens is 263 g/mol. The summed E-state index contributed by atoms with van der Waals surface area (Å²) in [5.41, 5.74) is 2.56. The molecule has 0 heterocycles. The van der Waals surface area contributed by atoms with Gasteiger partial charge in [0, 0.05) is 11.1 Å². The van der Waals surface area contributed by atoms with Crippen LogP contribution in [0, 0.1) is 5.92 Å². The van der Waals surface area contributed by atoms with Gasteiger partial charge in [0.1, 0.15) is 0 Å². The van der Waals surface area contributed by atoms with Crippen molar-refractivity contribution in [2.75, 3.05) is 7.05 Å². The third-order valence-corrected chi connectivity index (χ3v) is 5.46. The van der Waals surface area contributed by atoms with Gasteiger partial charge < -0.3 is 5.32 Å². The van der Waals surface area contributed by atoms with Crippen molar-refractivity contribution >= 4 is 9.39 Å². The summed E-state index contributed by atoms with van der Waals surface area (Å²) >= 11 is 0. The number of unbranched alkanes of at least 4 members (excludes halogenated alkanes) is 1. The van der Waals surface area contributed by atoms with E-state index in [0.717, 1.165) is 12.8 Å². The number of hydrogen-bond donors (Lipinski definition) is 2. The molecule has 3 heteroatoms. The summed E-state index contributed by atoms with van der Waals surface area (Å²) in [6, 6.07) is 0. The molecule has 0 rings (SSSR count). The first kappa shape index (κ1) is 19.8. The SMILES string of the molecule is C=C(C)C(C)(CCCCC(C)(NC)C(=C)C(C)C)NP. The summed E-state index contributed by atoms with van der Waals surface area (Å²) in [5, 5.41) is 6.77. The van der Waals surface area contributed by atoms with Gasteiger partial charge in [-0.05, 0) is 46.6 Å². The highest BCUT2D eigenvalue weighted by Crippen LogP contribution is 2.29. The highest BCUT2D eigenvalue weighted by atomic mass is 31.0. The van der Waals surface area contributed by atoms with Gasteiger partial charge >= 0.3 is 0 Å². The molecule has 0 aromatic rings. The number of hydrogen-bond acceptors (Lipinski definition) is 2. The molecule has 118 valence electrons. The third kappa shape index (κ3) is 5.31. The van der Waals surface area contributed by atoms with E-state index in [2.05, 4.69) is 67.6 Å². The van der Waals surface area contributed by atoms with Gasteiger partial charge in [0.2, 0.25) is 0 Å². The largest absolute Gasteiger partial charge is 0.311 e. The Labute approximate surface area is 129 Å². The van der Waals surface area contributed by atoms with Crippen molar-refractivity contribution in [3.05, 3.63) is 24.3 Å². The van der Waals surface area contributed by atoms with Crippen LogP contribution in [0.25, 0.3) is 0 Å². The minimum absolute atomic E-state index is 0.0236. The van der Waals surface area contributed by atoms with Crippen molar-refractivity contribution in [1.82, 2.24) is 10.4 Å². The Morgan fingerprint density at radius 3 is 1.85 bits per heavy atom. The van der Waals surface area contributed by atoms with Crippen LogP contribution in [0.5, 0.6) is 0 Å². The summed E-state index contributed by atoms with van der Waals surface area (Å²) < 4.78 is 0. The van der Waals surface area contributed by atoms with Crippen LogP contribution in [0.1, 0.15) is 60.3 Å². The second-order valence-electron chi connectivity index (χ2n) is 6.73. The van der Waals surface area contributed by atoms with Crippen LogP contribution in [-0.2, 0) is 0 Å². The van der Waals surface area contributed by atoms with Crippen molar-refractivity contribution in [3.8, 4) is 0 Å². The molecule has 0 amide bonds. The normalized spacial score (nSPS) is 17.6. The highest BCUT2D eigenvalue weighted by Gasteiger charge is 2.28. The molecule has 20 heavy (non-hydrogen) atoms. The first-order valence-electron chi connectivity index (χ1n) is 7.65. The quantitative estimate of drug-likeness (QED) is 0.354. The Kier molecular flexibility index (Phi) is 8.25. The molecule has 0 bridgehead atoms. The zero-order valence-corrected chi connectivity index (χ0v) is 15.6. The van der Waals surface area contributed by atoms with E-state index >= 15 is 0 Å². The molecule has 2 N–H and O–H groups in total. The first-order valence-corrected chi connectivity index (χ1v) is 8.22. The Morgan fingerprint density at radius 1 is 1.10 bits per heavy atom. The zero-order valence-electron chi connectivity index (χ0n) is 14.4. The summed E-state index contributed by atoms with van der Waals surface area (Å²) in [6.07, 6.45) is 4.62. The van der Waals surface area contributed by atoms with E-state index in [1.165, 1.54) is 24.0 Å². The molecule has 3 unspecified atom stereocenters. The van der Waals surface area contributed by atoms with Crippen LogP contribution in [0.3, 0.4) is 0 Å². The van der Waals surface area contributed by atoms with Gasteiger partial charge in [0.15, 0.2) is 0 Å². The van der Waals surface area contributed by atoms with E-state index in [9.17, 15) is 0 Å². The molecule has 0 saturated heterocycles. The predicted molar refractivity (Wildman–Crippen MR) is 96.0 cm³/mol. The minimum atomic E-state index is 0.0236. The monoisotopic (exact) mass is 298 g/mol. The lowest BCUT2D eigenvalue weighted by molar-refractivity contribution is 0.358. The van der Waals surface area contributed by atoms with Crippen LogP contribution in [-0.4, -0.2) is 18.1 Å². The minimum Gasteiger partial charge on any atom is -0.311 e. The van der Waals surface area contributed by atoms with E-state index in [-0.39, 0.29) is 11.1 Å². The predicted octanol–water partition coefficient (Wildman–Crippen LogP) is 4.45. The zero-order chi connectivity index (χ0) is 16.0. The second kappa shape index (κ2) is 8.32. The fraction of sp³-hybridized carbons (Fsp3) is 0.765. The lowest BCUT2D eigenvalue weighted by Gasteiger charge is -2.35. The highest BCUT2D eigenvalue weighted by molar-refractivity contribution is 7.13. The van der Waals surface area contributed by atoms with Crippen LogP contribution in [0.15, 0.2) is 24.3 Å². The Balaban J connectivity index is 4.42. The molecule has 0 saturated carbocycles. The average Bonchev–Trinajstić information content (AvgIpc) is 2.41. The number of nitrogens with one attached hydrogen (secondary N) is 2. The van der Waals surface area contributed by atoms with E-state index in [1.807, 2.05) is 7.05 Å². The molecule has 3 atom stereocenters. The summed E-state index contributed by atoms with van der Waals surface area (Å²) in [7, 11) is 4.66. The smallest absolute Gasteiger partial charge is 0.0390 e. The van der Waals surface area contributed by atoms with Crippen LogP contribution >= 0.6 is 9.39 Å². The maximum absolute atomic E-state index is 4.28. The molecule has 0 aliphatic carbocycles. The van der Waals surface area contributed by atoms with Gasteiger partial charge in [-0.15, -0.1) is 0 Å². The van der Waals surface area contributed by atoms with Crippen LogP contribution in [0.4, 0.5) is 0 Å². The van der Waals surface area contributed by atoms with E-state index in [1.54, 1.807) is 0 Å². The molecule has 0 aliphatic heterocycles. The summed E-state index contributed by atoms with van der Waals surface area (Å²) in [4.78, 5) is 0.